The van der Waals surface area contributed by atoms with Gasteiger partial charge in [-0.25, -0.2) is 0 Å². The molecule has 2 rings (SSSR count). The molecule has 1 fully saturated rings. The van der Waals surface area contributed by atoms with E-state index in [0.717, 1.165) is 17.8 Å². The van der Waals surface area contributed by atoms with Gasteiger partial charge in [-0.1, -0.05) is 26.7 Å². The van der Waals surface area contributed by atoms with Crippen LogP contribution in [0.1, 0.15) is 62.3 Å². The average Bonchev–Trinajstić information content (AvgIpc) is 2.85. The van der Waals surface area contributed by atoms with Gasteiger partial charge in [0.05, 0.1) is 0 Å². The van der Waals surface area contributed by atoms with Gasteiger partial charge in [0.2, 0.25) is 0 Å². The minimum absolute atomic E-state index is 0.808. The van der Waals surface area contributed by atoms with E-state index < -0.39 is 0 Å². The van der Waals surface area contributed by atoms with E-state index in [0.29, 0.717) is 0 Å². The molecule has 1 aliphatic carbocycles. The van der Waals surface area contributed by atoms with Crippen molar-refractivity contribution in [1.29, 1.82) is 0 Å². The molecule has 1 aliphatic rings. The summed E-state index contributed by atoms with van der Waals surface area (Å²) in [5.74, 6) is 2.61. The fraction of sp³-hybridized carbons (Fsp3) is 0.765. The van der Waals surface area contributed by atoms with Crippen LogP contribution < -0.4 is 5.32 Å². The van der Waals surface area contributed by atoms with Crippen molar-refractivity contribution >= 4 is 11.3 Å². The molecule has 3 atom stereocenters. The smallest absolute Gasteiger partial charge is 0.0109 e. The maximum absolute atomic E-state index is 3.65. The van der Waals surface area contributed by atoms with E-state index in [9.17, 15) is 0 Å². The van der Waals surface area contributed by atoms with Gasteiger partial charge in [0.15, 0.2) is 0 Å². The molecule has 1 nitrogen and oxygen atoms in total. The van der Waals surface area contributed by atoms with Crippen molar-refractivity contribution in [2.45, 2.75) is 58.8 Å². The summed E-state index contributed by atoms with van der Waals surface area (Å²) >= 11 is 1.98. The highest BCUT2D eigenvalue weighted by Gasteiger charge is 2.31. The highest BCUT2D eigenvalue weighted by atomic mass is 32.1. The minimum atomic E-state index is 0.808. The molecule has 1 aromatic heterocycles. The van der Waals surface area contributed by atoms with Crippen molar-refractivity contribution in [3.63, 3.8) is 0 Å². The molecular weight excluding hydrogens is 250 g/mol. The van der Waals surface area contributed by atoms with E-state index in [4.69, 9.17) is 0 Å². The normalized spacial score (nSPS) is 27.6. The molecule has 108 valence electrons. The van der Waals surface area contributed by atoms with E-state index >= 15 is 0 Å². The fourth-order valence-corrected chi connectivity index (χ4v) is 4.62. The van der Waals surface area contributed by atoms with Gasteiger partial charge in [-0.2, -0.15) is 0 Å². The Kier molecular flexibility index (Phi) is 5.90. The Morgan fingerprint density at radius 1 is 1.32 bits per heavy atom. The van der Waals surface area contributed by atoms with Gasteiger partial charge in [0.1, 0.15) is 0 Å². The van der Waals surface area contributed by atoms with Crippen molar-refractivity contribution < 1.29 is 0 Å². The lowest BCUT2D eigenvalue weighted by molar-refractivity contribution is 0.228. The summed E-state index contributed by atoms with van der Waals surface area (Å²) in [6.07, 6.45) is 6.87. The minimum Gasteiger partial charge on any atom is -0.316 e. The summed E-state index contributed by atoms with van der Waals surface area (Å²) in [4.78, 5) is 1.67. The molecule has 3 unspecified atom stereocenters. The Morgan fingerprint density at radius 2 is 2.16 bits per heavy atom. The lowest BCUT2D eigenvalue weighted by Gasteiger charge is -2.36. The predicted molar refractivity (Wildman–Crippen MR) is 86.1 cm³/mol. The molecular formula is C17H29NS. The molecule has 1 N–H and O–H groups in total. The number of nitrogens with one attached hydrogen (secondary N) is 1. The first-order valence-electron chi connectivity index (χ1n) is 8.00. The molecule has 1 heterocycles. The van der Waals surface area contributed by atoms with Gasteiger partial charge < -0.3 is 5.32 Å². The van der Waals surface area contributed by atoms with Crippen molar-refractivity contribution in [2.75, 3.05) is 13.1 Å². The number of hydrogen-bond acceptors (Lipinski definition) is 2. The fourth-order valence-electron chi connectivity index (χ4n) is 3.49. The molecule has 19 heavy (non-hydrogen) atoms. The van der Waals surface area contributed by atoms with Crippen LogP contribution in [0.4, 0.5) is 0 Å². The highest BCUT2D eigenvalue weighted by molar-refractivity contribution is 7.10. The quantitative estimate of drug-likeness (QED) is 0.725. The zero-order chi connectivity index (χ0) is 13.7. The second-order valence-corrected chi connectivity index (χ2v) is 7.07. The number of rotatable bonds is 6. The molecule has 0 amide bonds. The van der Waals surface area contributed by atoms with Gasteiger partial charge in [0, 0.05) is 4.88 Å². The summed E-state index contributed by atoms with van der Waals surface area (Å²) in [6, 6.07) is 2.30. The Labute approximate surface area is 122 Å². The van der Waals surface area contributed by atoms with Crippen LogP contribution in [0, 0.1) is 18.8 Å². The predicted octanol–water partition coefficient (Wildman–Crippen LogP) is 4.97. The van der Waals surface area contributed by atoms with Gasteiger partial charge in [-0.3, -0.25) is 0 Å². The summed E-state index contributed by atoms with van der Waals surface area (Å²) in [5.41, 5.74) is 1.52. The first-order chi connectivity index (χ1) is 9.26. The Balaban J connectivity index is 2.05. The third-order valence-corrected chi connectivity index (χ3v) is 5.90. The van der Waals surface area contributed by atoms with Crippen LogP contribution >= 0.6 is 11.3 Å². The first kappa shape index (κ1) is 15.1. The largest absolute Gasteiger partial charge is 0.316 e. The Morgan fingerprint density at radius 3 is 2.79 bits per heavy atom. The molecule has 0 aromatic carbocycles. The Hall–Kier alpha value is -0.340. The molecule has 1 saturated carbocycles. The molecule has 0 aliphatic heterocycles. The molecule has 0 radical (unpaired) electrons. The van der Waals surface area contributed by atoms with E-state index in [1.165, 1.54) is 50.8 Å². The van der Waals surface area contributed by atoms with E-state index in [1.54, 1.807) is 4.88 Å². The second kappa shape index (κ2) is 7.44. The molecule has 0 spiro atoms. The summed E-state index contributed by atoms with van der Waals surface area (Å²) in [7, 11) is 0. The third kappa shape index (κ3) is 3.82. The summed E-state index contributed by atoms with van der Waals surface area (Å²) < 4.78 is 0. The van der Waals surface area contributed by atoms with Gasteiger partial charge >= 0.3 is 0 Å². The number of aryl methyl sites for hydroxylation is 1. The monoisotopic (exact) mass is 279 g/mol. The van der Waals surface area contributed by atoms with Crippen LogP contribution in [0.15, 0.2) is 11.4 Å². The first-order valence-corrected chi connectivity index (χ1v) is 8.88. The topological polar surface area (TPSA) is 12.0 Å². The zero-order valence-corrected chi connectivity index (χ0v) is 13.6. The SMILES string of the molecule is CCCNCC1CCC(CC)CC1c1sccc1C. The van der Waals surface area contributed by atoms with Gasteiger partial charge in [-0.15, -0.1) is 11.3 Å². The van der Waals surface area contributed by atoms with Crippen molar-refractivity contribution in [1.82, 2.24) is 5.32 Å². The zero-order valence-electron chi connectivity index (χ0n) is 12.7. The van der Waals surface area contributed by atoms with Crippen LogP contribution in [0.5, 0.6) is 0 Å². The van der Waals surface area contributed by atoms with Crippen molar-refractivity contribution in [3.05, 3.63) is 21.9 Å². The molecule has 2 heteroatoms. The maximum atomic E-state index is 3.65. The summed E-state index contributed by atoms with van der Waals surface area (Å²) in [6.45, 7) is 9.29. The van der Waals surface area contributed by atoms with Crippen LogP contribution in [0.2, 0.25) is 0 Å². The summed E-state index contributed by atoms with van der Waals surface area (Å²) in [5, 5.41) is 5.93. The van der Waals surface area contributed by atoms with E-state index in [2.05, 4.69) is 37.5 Å². The molecule has 0 bridgehead atoms. The van der Waals surface area contributed by atoms with Crippen LogP contribution in [0.25, 0.3) is 0 Å². The van der Waals surface area contributed by atoms with E-state index in [-0.39, 0.29) is 0 Å². The third-order valence-electron chi connectivity index (χ3n) is 4.75. The lowest BCUT2D eigenvalue weighted by atomic mass is 9.72. The van der Waals surface area contributed by atoms with Crippen LogP contribution in [-0.4, -0.2) is 13.1 Å². The van der Waals surface area contributed by atoms with Crippen LogP contribution in [-0.2, 0) is 0 Å². The lowest BCUT2D eigenvalue weighted by Crippen LogP contribution is -2.32. The molecule has 0 saturated heterocycles. The van der Waals surface area contributed by atoms with Crippen LogP contribution in [0.3, 0.4) is 0 Å². The highest BCUT2D eigenvalue weighted by Crippen LogP contribution is 2.44. The average molecular weight is 279 g/mol. The van der Waals surface area contributed by atoms with Crippen molar-refractivity contribution in [2.24, 2.45) is 11.8 Å². The van der Waals surface area contributed by atoms with E-state index in [1.807, 2.05) is 11.3 Å². The molecule has 1 aromatic rings. The van der Waals surface area contributed by atoms with Gasteiger partial charge in [-0.05, 0) is 74.0 Å². The number of hydrogen-bond donors (Lipinski definition) is 1. The van der Waals surface area contributed by atoms with Crippen molar-refractivity contribution in [3.8, 4) is 0 Å². The number of thiophene rings is 1. The second-order valence-electron chi connectivity index (χ2n) is 6.13. The Bertz CT molecular complexity index is 369. The maximum Gasteiger partial charge on any atom is 0.0109 e. The van der Waals surface area contributed by atoms with Gasteiger partial charge in [0.25, 0.3) is 0 Å². The standard InChI is InChI=1S/C17H29NS/c1-4-9-18-12-15-7-6-14(5-2)11-16(15)17-13(3)8-10-19-17/h8,10,14-16,18H,4-7,9,11-12H2,1-3H3.